The number of amides is 1. The standard InChI is InChI=1S/C14H16N2O3S/c17-8-9-2-1-5-16(7-9)13(18)10-3-4-11-12(6-10)19-14(20)15-11/h3-4,6,9,17H,1-2,5,7-8H2,(H,15,20). The van der Waals surface area contributed by atoms with E-state index in [1.807, 2.05) is 0 Å². The van der Waals surface area contributed by atoms with Crippen molar-refractivity contribution in [3.63, 3.8) is 0 Å². The number of aliphatic hydroxyl groups excluding tert-OH is 1. The van der Waals surface area contributed by atoms with E-state index >= 15 is 0 Å². The number of hydrogen-bond donors (Lipinski definition) is 2. The lowest BCUT2D eigenvalue weighted by Crippen LogP contribution is -2.40. The fourth-order valence-electron chi connectivity index (χ4n) is 2.66. The van der Waals surface area contributed by atoms with Gasteiger partial charge < -0.3 is 19.4 Å². The highest BCUT2D eigenvalue weighted by Crippen LogP contribution is 2.20. The fourth-order valence-corrected chi connectivity index (χ4v) is 2.86. The lowest BCUT2D eigenvalue weighted by atomic mass is 9.98. The third-order valence-electron chi connectivity index (χ3n) is 3.73. The first-order valence-corrected chi connectivity index (χ1v) is 7.11. The predicted octanol–water partition coefficient (Wildman–Crippen LogP) is 2.33. The van der Waals surface area contributed by atoms with E-state index in [1.54, 1.807) is 23.1 Å². The van der Waals surface area contributed by atoms with Gasteiger partial charge in [0.25, 0.3) is 10.7 Å². The first kappa shape index (κ1) is 13.3. The van der Waals surface area contributed by atoms with Gasteiger partial charge in [0.1, 0.15) is 0 Å². The number of piperidine rings is 1. The summed E-state index contributed by atoms with van der Waals surface area (Å²) < 4.78 is 5.34. The van der Waals surface area contributed by atoms with Crippen LogP contribution in [0.25, 0.3) is 11.1 Å². The highest BCUT2D eigenvalue weighted by atomic mass is 32.1. The number of benzene rings is 1. The largest absolute Gasteiger partial charge is 0.429 e. The van der Waals surface area contributed by atoms with Gasteiger partial charge in [-0.2, -0.15) is 0 Å². The van der Waals surface area contributed by atoms with Gasteiger partial charge in [0.2, 0.25) is 0 Å². The van der Waals surface area contributed by atoms with Crippen LogP contribution in [0.3, 0.4) is 0 Å². The molecule has 1 aromatic carbocycles. The van der Waals surface area contributed by atoms with E-state index in [0.29, 0.717) is 22.5 Å². The van der Waals surface area contributed by atoms with Gasteiger partial charge in [0.05, 0.1) is 5.52 Å². The number of nitrogens with zero attached hydrogens (tertiary/aromatic N) is 1. The lowest BCUT2D eigenvalue weighted by Gasteiger charge is -2.31. The second-order valence-electron chi connectivity index (χ2n) is 5.17. The minimum absolute atomic E-state index is 0.0210. The zero-order valence-corrected chi connectivity index (χ0v) is 11.8. The van der Waals surface area contributed by atoms with Crippen LogP contribution in [0, 0.1) is 10.8 Å². The van der Waals surface area contributed by atoms with Crippen LogP contribution in [0.2, 0.25) is 0 Å². The summed E-state index contributed by atoms with van der Waals surface area (Å²) in [5.74, 6) is 0.167. The summed E-state index contributed by atoms with van der Waals surface area (Å²) >= 11 is 4.93. The monoisotopic (exact) mass is 292 g/mol. The third-order valence-corrected chi connectivity index (χ3v) is 3.92. The van der Waals surface area contributed by atoms with Crippen LogP contribution >= 0.6 is 12.2 Å². The zero-order chi connectivity index (χ0) is 14.1. The van der Waals surface area contributed by atoms with Crippen molar-refractivity contribution < 1.29 is 14.3 Å². The Labute approximate surface area is 121 Å². The number of hydrogen-bond acceptors (Lipinski definition) is 4. The number of aliphatic hydroxyl groups is 1. The number of carbonyl (C=O) groups excluding carboxylic acids is 1. The summed E-state index contributed by atoms with van der Waals surface area (Å²) in [6.45, 7) is 1.49. The van der Waals surface area contributed by atoms with Gasteiger partial charge in [0.15, 0.2) is 5.58 Å². The summed E-state index contributed by atoms with van der Waals surface area (Å²) in [6, 6.07) is 5.29. The number of nitrogens with one attached hydrogen (secondary N) is 1. The molecule has 0 aliphatic carbocycles. The Morgan fingerprint density at radius 3 is 3.20 bits per heavy atom. The molecule has 106 valence electrons. The number of carbonyl (C=O) groups is 1. The van der Waals surface area contributed by atoms with Crippen LogP contribution in [0.15, 0.2) is 22.6 Å². The Balaban J connectivity index is 1.86. The Morgan fingerprint density at radius 2 is 2.40 bits per heavy atom. The Bertz CT molecular complexity index is 691. The van der Waals surface area contributed by atoms with E-state index in [9.17, 15) is 9.90 Å². The Morgan fingerprint density at radius 1 is 1.55 bits per heavy atom. The minimum Gasteiger partial charge on any atom is -0.429 e. The van der Waals surface area contributed by atoms with Crippen molar-refractivity contribution >= 4 is 29.2 Å². The van der Waals surface area contributed by atoms with Crippen LogP contribution in [-0.2, 0) is 0 Å². The number of fused-ring (bicyclic) bond motifs is 1. The molecule has 2 N–H and O–H groups in total. The van der Waals surface area contributed by atoms with Crippen LogP contribution in [0.5, 0.6) is 0 Å². The molecule has 2 aromatic rings. The van der Waals surface area contributed by atoms with E-state index in [4.69, 9.17) is 16.6 Å². The second kappa shape index (κ2) is 5.38. The molecular weight excluding hydrogens is 276 g/mol. The molecule has 1 saturated heterocycles. The molecule has 0 bridgehead atoms. The van der Waals surface area contributed by atoms with Crippen molar-refractivity contribution in [2.24, 2.45) is 5.92 Å². The van der Waals surface area contributed by atoms with Crippen molar-refractivity contribution in [2.45, 2.75) is 12.8 Å². The molecule has 0 radical (unpaired) electrons. The molecule has 0 saturated carbocycles. The molecule has 1 aromatic heterocycles. The van der Waals surface area contributed by atoms with Crippen molar-refractivity contribution in [2.75, 3.05) is 19.7 Å². The van der Waals surface area contributed by atoms with Gasteiger partial charge in [-0.05, 0) is 49.2 Å². The topological polar surface area (TPSA) is 69.5 Å². The number of oxazole rings is 1. The molecule has 1 aliphatic rings. The van der Waals surface area contributed by atoms with Crippen LogP contribution in [-0.4, -0.2) is 40.6 Å². The third kappa shape index (κ3) is 2.48. The van der Waals surface area contributed by atoms with Gasteiger partial charge in [0, 0.05) is 25.3 Å². The summed E-state index contributed by atoms with van der Waals surface area (Å²) in [5, 5.41) is 9.24. The van der Waals surface area contributed by atoms with E-state index < -0.39 is 0 Å². The molecule has 1 unspecified atom stereocenters. The van der Waals surface area contributed by atoms with Crippen molar-refractivity contribution in [3.05, 3.63) is 28.6 Å². The van der Waals surface area contributed by atoms with Crippen molar-refractivity contribution in [1.29, 1.82) is 0 Å². The fraction of sp³-hybridized carbons (Fsp3) is 0.429. The first-order valence-electron chi connectivity index (χ1n) is 6.70. The average Bonchev–Trinajstić information content (AvgIpc) is 2.85. The second-order valence-corrected chi connectivity index (χ2v) is 5.54. The van der Waals surface area contributed by atoms with E-state index in [1.165, 1.54) is 0 Å². The number of likely N-dealkylation sites (tertiary alicyclic amines) is 1. The summed E-state index contributed by atoms with van der Waals surface area (Å²) in [5.41, 5.74) is 1.98. The average molecular weight is 292 g/mol. The molecular formula is C14H16N2O3S. The van der Waals surface area contributed by atoms with Gasteiger partial charge in [-0.3, -0.25) is 4.79 Å². The quantitative estimate of drug-likeness (QED) is 0.834. The predicted molar refractivity (Wildman–Crippen MR) is 77.1 cm³/mol. The number of rotatable bonds is 2. The number of aromatic nitrogens is 1. The molecule has 6 heteroatoms. The lowest BCUT2D eigenvalue weighted by molar-refractivity contribution is 0.0621. The maximum absolute atomic E-state index is 12.5. The maximum Gasteiger partial charge on any atom is 0.266 e. The highest BCUT2D eigenvalue weighted by Gasteiger charge is 2.24. The molecule has 1 aliphatic heterocycles. The molecule has 2 heterocycles. The molecule has 1 amide bonds. The van der Waals surface area contributed by atoms with Crippen LogP contribution in [0.1, 0.15) is 23.2 Å². The maximum atomic E-state index is 12.5. The molecule has 3 rings (SSSR count). The summed E-state index contributed by atoms with van der Waals surface area (Å²) in [4.78, 5) is 17.5. The molecule has 1 atom stereocenters. The van der Waals surface area contributed by atoms with Crippen LogP contribution in [0.4, 0.5) is 0 Å². The molecule has 20 heavy (non-hydrogen) atoms. The van der Waals surface area contributed by atoms with Gasteiger partial charge in [-0.1, -0.05) is 0 Å². The minimum atomic E-state index is -0.0210. The van der Waals surface area contributed by atoms with Crippen LogP contribution < -0.4 is 0 Å². The number of H-pyrrole nitrogens is 1. The highest BCUT2D eigenvalue weighted by molar-refractivity contribution is 7.71. The smallest absolute Gasteiger partial charge is 0.266 e. The summed E-state index contributed by atoms with van der Waals surface area (Å²) in [6.07, 6.45) is 1.91. The Kier molecular flexibility index (Phi) is 3.58. The van der Waals surface area contributed by atoms with E-state index in [-0.39, 0.29) is 18.4 Å². The van der Waals surface area contributed by atoms with Crippen molar-refractivity contribution in [1.82, 2.24) is 9.88 Å². The van der Waals surface area contributed by atoms with Crippen molar-refractivity contribution in [3.8, 4) is 0 Å². The zero-order valence-electron chi connectivity index (χ0n) is 11.0. The molecule has 1 fully saturated rings. The SMILES string of the molecule is O=C(c1ccc2[nH]c(=S)oc2c1)N1CCCC(CO)C1. The van der Waals surface area contributed by atoms with Gasteiger partial charge >= 0.3 is 0 Å². The van der Waals surface area contributed by atoms with E-state index in [2.05, 4.69) is 4.98 Å². The molecule has 5 nitrogen and oxygen atoms in total. The first-order chi connectivity index (χ1) is 9.67. The Hall–Kier alpha value is -1.66. The number of aromatic amines is 1. The summed E-state index contributed by atoms with van der Waals surface area (Å²) in [7, 11) is 0. The van der Waals surface area contributed by atoms with E-state index in [0.717, 1.165) is 24.9 Å². The van der Waals surface area contributed by atoms with Gasteiger partial charge in [-0.15, -0.1) is 0 Å². The van der Waals surface area contributed by atoms with Gasteiger partial charge in [-0.25, -0.2) is 0 Å². The normalized spacial score (nSPS) is 19.4. The molecule has 0 spiro atoms.